The Morgan fingerprint density at radius 1 is 0.511 bits per heavy atom. The van der Waals surface area contributed by atoms with E-state index in [2.05, 4.69) is 145 Å². The van der Waals surface area contributed by atoms with Gasteiger partial charge in [0, 0.05) is 36.8 Å². The number of hydrogen-bond donors (Lipinski definition) is 0. The monoisotopic (exact) mass is 624 g/mol. The minimum absolute atomic E-state index is 0.878. The summed E-state index contributed by atoms with van der Waals surface area (Å²) >= 11 is 0. The molecule has 2 aliphatic rings. The zero-order chi connectivity index (χ0) is 33.4. The quantitative estimate of drug-likeness (QED) is 0.195. The van der Waals surface area contributed by atoms with Crippen molar-refractivity contribution in [3.8, 4) is 5.75 Å². The van der Waals surface area contributed by atoms with Crippen molar-refractivity contribution in [3.05, 3.63) is 163 Å². The molecule has 6 rings (SSSR count). The molecule has 0 aliphatic heterocycles. The molecule has 4 aromatic carbocycles. The second-order valence-electron chi connectivity index (χ2n) is 10.9. The highest BCUT2D eigenvalue weighted by Gasteiger charge is 2.08. The number of para-hydroxylation sites is 1. The number of anilines is 4. The van der Waals surface area contributed by atoms with Crippen LogP contribution in [-0.4, -0.2) is 28.3 Å². The van der Waals surface area contributed by atoms with Gasteiger partial charge in [0.25, 0.3) is 0 Å². The first-order chi connectivity index (χ1) is 23.1. The number of benzene rings is 4. The predicted molar refractivity (Wildman–Crippen MR) is 203 cm³/mol. The topological polar surface area (TPSA) is 24.9 Å². The Kier molecular flexibility index (Phi) is 13.3. The van der Waals surface area contributed by atoms with Gasteiger partial charge in [-0.1, -0.05) is 86.7 Å². The number of nitrogens with zero attached hydrogens (tertiary/aromatic N) is 2. The summed E-state index contributed by atoms with van der Waals surface area (Å²) in [6.45, 7) is 4.00. The van der Waals surface area contributed by atoms with Crippen LogP contribution in [-0.2, 0) is 4.74 Å². The van der Waals surface area contributed by atoms with Crippen LogP contribution in [0, 0.1) is 0 Å². The summed E-state index contributed by atoms with van der Waals surface area (Å²) in [5, 5.41) is 0. The number of ether oxygens (including phenoxy) is 2. The molecule has 0 amide bonds. The third kappa shape index (κ3) is 9.64. The van der Waals surface area contributed by atoms with Crippen LogP contribution in [0.3, 0.4) is 0 Å². The van der Waals surface area contributed by atoms with Crippen LogP contribution in [0.1, 0.15) is 44.2 Å². The fraction of sp³-hybridized carbons (Fsp3) is 0.209. The van der Waals surface area contributed by atoms with E-state index in [-0.39, 0.29) is 0 Å². The number of hydrogen-bond acceptors (Lipinski definition) is 4. The van der Waals surface area contributed by atoms with E-state index < -0.39 is 0 Å². The van der Waals surface area contributed by atoms with Gasteiger partial charge < -0.3 is 19.3 Å². The second kappa shape index (κ2) is 18.1. The smallest absolute Gasteiger partial charge is 0.119 e. The SMILES string of the molecule is CC.COC1=CCC=C(c2cccc(N(C)c3ccccc3)c2)C=C1.COc1ccc(N(C)c2ccc(C3=CCCC=C3)cc2)cc1. The Morgan fingerprint density at radius 2 is 1.13 bits per heavy atom. The molecule has 0 aromatic heterocycles. The van der Waals surface area contributed by atoms with Gasteiger partial charge in [0.2, 0.25) is 0 Å². The van der Waals surface area contributed by atoms with Crippen LogP contribution in [0.4, 0.5) is 22.7 Å². The molecule has 4 heteroatoms. The maximum Gasteiger partial charge on any atom is 0.119 e. The van der Waals surface area contributed by atoms with Crippen LogP contribution in [0.15, 0.2) is 151 Å². The third-order valence-electron chi connectivity index (χ3n) is 8.07. The largest absolute Gasteiger partial charge is 0.497 e. The van der Waals surface area contributed by atoms with Gasteiger partial charge in [-0.3, -0.25) is 0 Å². The van der Waals surface area contributed by atoms with Crippen molar-refractivity contribution in [1.82, 2.24) is 0 Å². The van der Waals surface area contributed by atoms with Gasteiger partial charge >= 0.3 is 0 Å². The highest BCUT2D eigenvalue weighted by atomic mass is 16.5. The van der Waals surface area contributed by atoms with Crippen LogP contribution in [0.25, 0.3) is 11.1 Å². The molecule has 0 unspecified atom stereocenters. The Hall–Kier alpha value is -5.22. The highest BCUT2D eigenvalue weighted by molar-refractivity contribution is 5.78. The van der Waals surface area contributed by atoms with Gasteiger partial charge in [-0.2, -0.15) is 0 Å². The van der Waals surface area contributed by atoms with Crippen LogP contribution in [0.5, 0.6) is 5.75 Å². The first-order valence-corrected chi connectivity index (χ1v) is 16.4. The molecule has 47 heavy (non-hydrogen) atoms. The van der Waals surface area contributed by atoms with Crippen molar-refractivity contribution in [2.24, 2.45) is 0 Å². The van der Waals surface area contributed by atoms with Crippen molar-refractivity contribution in [3.63, 3.8) is 0 Å². The molecule has 2 aliphatic carbocycles. The number of allylic oxidation sites excluding steroid dienone is 9. The van der Waals surface area contributed by atoms with E-state index >= 15 is 0 Å². The van der Waals surface area contributed by atoms with E-state index in [0.717, 1.165) is 36.5 Å². The van der Waals surface area contributed by atoms with E-state index in [4.69, 9.17) is 9.47 Å². The maximum absolute atomic E-state index is 5.31. The summed E-state index contributed by atoms with van der Waals surface area (Å²) in [6.07, 6.45) is 18.4. The van der Waals surface area contributed by atoms with Crippen molar-refractivity contribution in [2.75, 3.05) is 38.1 Å². The molecule has 0 atom stereocenters. The third-order valence-corrected chi connectivity index (χ3v) is 8.07. The van der Waals surface area contributed by atoms with E-state index in [1.54, 1.807) is 14.2 Å². The molecule has 4 aromatic rings. The van der Waals surface area contributed by atoms with Crippen molar-refractivity contribution >= 4 is 33.9 Å². The number of rotatable bonds is 8. The minimum Gasteiger partial charge on any atom is -0.497 e. The summed E-state index contributed by atoms with van der Waals surface area (Å²) in [5.74, 6) is 1.79. The van der Waals surface area contributed by atoms with Crippen molar-refractivity contribution < 1.29 is 9.47 Å². The molecule has 0 heterocycles. The van der Waals surface area contributed by atoms with E-state index in [1.807, 2.05) is 38.1 Å². The summed E-state index contributed by atoms with van der Waals surface area (Å²) < 4.78 is 10.5. The molecular formula is C43H48N2O2. The maximum atomic E-state index is 5.31. The zero-order valence-corrected chi connectivity index (χ0v) is 28.7. The lowest BCUT2D eigenvalue weighted by Crippen LogP contribution is -2.09. The van der Waals surface area contributed by atoms with Gasteiger partial charge in [0.15, 0.2) is 0 Å². The van der Waals surface area contributed by atoms with Gasteiger partial charge in [-0.05, 0) is 114 Å². The molecule has 0 fully saturated rings. The first kappa shape index (κ1) is 34.6. The Bertz CT molecular complexity index is 1700. The van der Waals surface area contributed by atoms with E-state index in [9.17, 15) is 0 Å². The highest BCUT2D eigenvalue weighted by Crippen LogP contribution is 2.30. The lowest BCUT2D eigenvalue weighted by Gasteiger charge is -2.20. The number of methoxy groups -OCH3 is 2. The molecule has 0 saturated carbocycles. The summed E-state index contributed by atoms with van der Waals surface area (Å²) in [4.78, 5) is 4.37. The van der Waals surface area contributed by atoms with Gasteiger partial charge in [-0.15, -0.1) is 0 Å². The van der Waals surface area contributed by atoms with Crippen molar-refractivity contribution in [1.29, 1.82) is 0 Å². The predicted octanol–water partition coefficient (Wildman–Crippen LogP) is 11.6. The van der Waals surface area contributed by atoms with Crippen LogP contribution >= 0.6 is 0 Å². The molecule has 242 valence electrons. The minimum atomic E-state index is 0.878. The zero-order valence-electron chi connectivity index (χ0n) is 28.7. The van der Waals surface area contributed by atoms with Gasteiger partial charge in [-0.25, -0.2) is 0 Å². The second-order valence-corrected chi connectivity index (χ2v) is 10.9. The first-order valence-electron chi connectivity index (χ1n) is 16.4. The standard InChI is InChI=1S/C21H21NO.C20H21NO.C2H6/c1-22(19-10-4-3-5-11-19)20-12-6-9-18(16-20)17-8-7-13-21(23-2)15-14-17;1-21(19-12-14-20(22-2)15-13-19)18-10-8-17(9-11-18)16-6-4-3-5-7-16;1-2/h3-6,8-16H,7H2,1-2H3;4,6-15H,3,5H2,1-2H3;1-2H3. The van der Waals surface area contributed by atoms with Crippen molar-refractivity contribution in [2.45, 2.75) is 33.1 Å². The molecule has 0 spiro atoms. The molecule has 4 nitrogen and oxygen atoms in total. The fourth-order valence-corrected chi connectivity index (χ4v) is 5.33. The average molecular weight is 625 g/mol. The van der Waals surface area contributed by atoms with Gasteiger partial charge in [0.05, 0.1) is 14.2 Å². The lowest BCUT2D eigenvalue weighted by molar-refractivity contribution is 0.306. The summed E-state index contributed by atoms with van der Waals surface area (Å²) in [5.41, 5.74) is 9.71. The van der Waals surface area contributed by atoms with Crippen LogP contribution in [0.2, 0.25) is 0 Å². The molecular weight excluding hydrogens is 576 g/mol. The summed E-state index contributed by atoms with van der Waals surface area (Å²) in [7, 11) is 7.56. The normalized spacial score (nSPS) is 13.3. The lowest BCUT2D eigenvalue weighted by atomic mass is 9.99. The fourth-order valence-electron chi connectivity index (χ4n) is 5.33. The van der Waals surface area contributed by atoms with E-state index in [1.165, 1.54) is 39.3 Å². The average Bonchev–Trinajstić information content (AvgIpc) is 3.42. The molecule has 0 saturated heterocycles. The van der Waals surface area contributed by atoms with E-state index in [0.29, 0.717) is 0 Å². The molecule has 0 bridgehead atoms. The Morgan fingerprint density at radius 3 is 1.77 bits per heavy atom. The molecule has 0 N–H and O–H groups in total. The van der Waals surface area contributed by atoms with Gasteiger partial charge in [0.1, 0.15) is 11.5 Å². The summed E-state index contributed by atoms with van der Waals surface area (Å²) in [6, 6.07) is 35.8. The molecule has 0 radical (unpaired) electrons. The van der Waals surface area contributed by atoms with Crippen LogP contribution < -0.4 is 14.5 Å². The Labute approximate surface area is 282 Å². The Balaban J connectivity index is 0.000000202.